The van der Waals surface area contributed by atoms with Crippen LogP contribution in [0, 0.1) is 17.8 Å². The number of allylic oxidation sites excluding steroid dienone is 2. The maximum Gasteiger partial charge on any atom is -0.0233 e. The van der Waals surface area contributed by atoms with Crippen molar-refractivity contribution in [2.45, 2.75) is 20.8 Å². The normalized spacial score (nSPS) is 19.1. The maximum absolute atomic E-state index is 3.76. The van der Waals surface area contributed by atoms with Gasteiger partial charge in [-0.25, -0.2) is 0 Å². The summed E-state index contributed by atoms with van der Waals surface area (Å²) in [5.74, 6) is 1.84. The van der Waals surface area contributed by atoms with E-state index >= 15 is 0 Å². The highest BCUT2D eigenvalue weighted by Crippen LogP contribution is 2.21. The molecule has 0 heteroatoms. The van der Waals surface area contributed by atoms with Gasteiger partial charge in [-0.2, -0.15) is 0 Å². The number of hydrogen-bond acceptors (Lipinski definition) is 0. The van der Waals surface area contributed by atoms with Crippen LogP contribution in [0.25, 0.3) is 0 Å². The van der Waals surface area contributed by atoms with Crippen molar-refractivity contribution in [3.05, 3.63) is 25.3 Å². The fourth-order valence-corrected chi connectivity index (χ4v) is 0.908. The molecule has 0 aliphatic carbocycles. The molecule has 1 unspecified atom stereocenters. The third kappa shape index (κ3) is 2.38. The van der Waals surface area contributed by atoms with E-state index in [1.807, 2.05) is 12.2 Å². The summed E-state index contributed by atoms with van der Waals surface area (Å²) in [6, 6.07) is 0. The van der Waals surface area contributed by atoms with Gasteiger partial charge in [-0.3, -0.25) is 0 Å². The minimum atomic E-state index is 0.591. The Labute approximate surface area is 64.6 Å². The summed E-state index contributed by atoms with van der Waals surface area (Å²) < 4.78 is 0. The van der Waals surface area contributed by atoms with Crippen LogP contribution in [-0.2, 0) is 0 Å². The van der Waals surface area contributed by atoms with E-state index in [1.54, 1.807) is 0 Å². The van der Waals surface area contributed by atoms with E-state index in [0.29, 0.717) is 17.8 Å². The van der Waals surface area contributed by atoms with Gasteiger partial charge in [0, 0.05) is 0 Å². The molecule has 0 spiro atoms. The van der Waals surface area contributed by atoms with Crippen LogP contribution in [0.3, 0.4) is 0 Å². The van der Waals surface area contributed by atoms with Crippen LogP contribution in [0.1, 0.15) is 20.8 Å². The lowest BCUT2D eigenvalue weighted by Crippen LogP contribution is -2.12. The molecule has 0 rings (SSSR count). The molecule has 0 aliphatic heterocycles. The van der Waals surface area contributed by atoms with E-state index in [2.05, 4.69) is 33.9 Å². The van der Waals surface area contributed by atoms with Crippen molar-refractivity contribution in [3.63, 3.8) is 0 Å². The molecule has 0 aromatic heterocycles. The largest absolute Gasteiger partial charge is 0.103 e. The van der Waals surface area contributed by atoms with Crippen molar-refractivity contribution in [3.8, 4) is 0 Å². The van der Waals surface area contributed by atoms with Crippen LogP contribution in [0.2, 0.25) is 0 Å². The first-order valence-electron chi connectivity index (χ1n) is 3.88. The molecule has 0 fully saturated rings. The minimum absolute atomic E-state index is 0.591. The molecule has 0 saturated heterocycles. The average Bonchev–Trinajstić information content (AvgIpc) is 2.00. The Balaban J connectivity index is 3.91. The van der Waals surface area contributed by atoms with Gasteiger partial charge in [0.25, 0.3) is 0 Å². The summed E-state index contributed by atoms with van der Waals surface area (Å²) in [6.45, 7) is 14.1. The molecule has 0 aromatic rings. The standard InChI is InChI=1S/C10H18/c1-6-8(3)10(5)9(4)7-2/h6-10H,1-2H2,3-5H3/t8-,9+,10?. The molecular formula is C10H18. The van der Waals surface area contributed by atoms with Gasteiger partial charge in [0.2, 0.25) is 0 Å². The Morgan fingerprint density at radius 3 is 1.40 bits per heavy atom. The van der Waals surface area contributed by atoms with Crippen molar-refractivity contribution < 1.29 is 0 Å². The molecule has 0 N–H and O–H groups in total. The molecule has 0 aromatic carbocycles. The van der Waals surface area contributed by atoms with Crippen molar-refractivity contribution in [2.75, 3.05) is 0 Å². The topological polar surface area (TPSA) is 0 Å². The summed E-state index contributed by atoms with van der Waals surface area (Å²) in [5, 5.41) is 0. The second kappa shape index (κ2) is 4.32. The molecule has 0 saturated carbocycles. The van der Waals surface area contributed by atoms with Crippen LogP contribution in [0.4, 0.5) is 0 Å². The zero-order valence-electron chi connectivity index (χ0n) is 7.30. The van der Waals surface area contributed by atoms with Gasteiger partial charge in [-0.15, -0.1) is 13.2 Å². The van der Waals surface area contributed by atoms with Gasteiger partial charge in [0.15, 0.2) is 0 Å². The minimum Gasteiger partial charge on any atom is -0.103 e. The highest BCUT2D eigenvalue weighted by molar-refractivity contribution is 4.87. The molecule has 0 aliphatic rings. The molecule has 0 amide bonds. The van der Waals surface area contributed by atoms with Crippen LogP contribution in [0.5, 0.6) is 0 Å². The molecule has 10 heavy (non-hydrogen) atoms. The Morgan fingerprint density at radius 2 is 1.20 bits per heavy atom. The molecule has 58 valence electrons. The van der Waals surface area contributed by atoms with E-state index in [-0.39, 0.29) is 0 Å². The quantitative estimate of drug-likeness (QED) is 0.523. The van der Waals surface area contributed by atoms with E-state index in [0.717, 1.165) is 0 Å². The van der Waals surface area contributed by atoms with Gasteiger partial charge in [-0.05, 0) is 17.8 Å². The molecular weight excluding hydrogens is 120 g/mol. The van der Waals surface area contributed by atoms with Crippen molar-refractivity contribution in [2.24, 2.45) is 17.8 Å². The third-order valence-electron chi connectivity index (χ3n) is 2.40. The van der Waals surface area contributed by atoms with Crippen molar-refractivity contribution >= 4 is 0 Å². The molecule has 0 heterocycles. The summed E-state index contributed by atoms with van der Waals surface area (Å²) in [4.78, 5) is 0. The van der Waals surface area contributed by atoms with Crippen molar-refractivity contribution in [1.82, 2.24) is 0 Å². The monoisotopic (exact) mass is 138 g/mol. The van der Waals surface area contributed by atoms with Gasteiger partial charge in [0.05, 0.1) is 0 Å². The SMILES string of the molecule is C=C[C@@H](C)C(C)[C@@H](C)C=C. The van der Waals surface area contributed by atoms with Crippen molar-refractivity contribution in [1.29, 1.82) is 0 Å². The predicted molar refractivity (Wildman–Crippen MR) is 47.9 cm³/mol. The Morgan fingerprint density at radius 1 is 0.900 bits per heavy atom. The van der Waals surface area contributed by atoms with Gasteiger partial charge < -0.3 is 0 Å². The Kier molecular flexibility index (Phi) is 4.10. The Hall–Kier alpha value is -0.520. The molecule has 0 radical (unpaired) electrons. The lowest BCUT2D eigenvalue weighted by atomic mass is 9.85. The maximum atomic E-state index is 3.76. The summed E-state index contributed by atoms with van der Waals surface area (Å²) in [7, 11) is 0. The third-order valence-corrected chi connectivity index (χ3v) is 2.40. The first-order valence-corrected chi connectivity index (χ1v) is 3.88. The summed E-state index contributed by atoms with van der Waals surface area (Å²) >= 11 is 0. The first-order chi connectivity index (χ1) is 4.63. The van der Waals surface area contributed by atoms with E-state index in [1.165, 1.54) is 0 Å². The van der Waals surface area contributed by atoms with E-state index in [9.17, 15) is 0 Å². The average molecular weight is 138 g/mol. The highest BCUT2D eigenvalue weighted by atomic mass is 14.2. The predicted octanol–water partition coefficient (Wildman–Crippen LogP) is 3.27. The van der Waals surface area contributed by atoms with Crippen LogP contribution in [-0.4, -0.2) is 0 Å². The number of hydrogen-bond donors (Lipinski definition) is 0. The van der Waals surface area contributed by atoms with Crippen LogP contribution >= 0.6 is 0 Å². The summed E-state index contributed by atoms with van der Waals surface area (Å²) in [5.41, 5.74) is 0. The molecule has 3 atom stereocenters. The van der Waals surface area contributed by atoms with E-state index < -0.39 is 0 Å². The van der Waals surface area contributed by atoms with Gasteiger partial charge in [0.1, 0.15) is 0 Å². The molecule has 0 nitrogen and oxygen atoms in total. The zero-order chi connectivity index (χ0) is 8.15. The Bertz CT molecular complexity index is 99.2. The molecule has 0 bridgehead atoms. The first kappa shape index (κ1) is 9.48. The zero-order valence-corrected chi connectivity index (χ0v) is 7.30. The van der Waals surface area contributed by atoms with E-state index in [4.69, 9.17) is 0 Å². The van der Waals surface area contributed by atoms with Crippen LogP contribution in [0.15, 0.2) is 25.3 Å². The second-order valence-electron chi connectivity index (χ2n) is 3.05. The fraction of sp³-hybridized carbons (Fsp3) is 0.600. The fourth-order valence-electron chi connectivity index (χ4n) is 0.908. The van der Waals surface area contributed by atoms with Gasteiger partial charge in [-0.1, -0.05) is 32.9 Å². The summed E-state index contributed by atoms with van der Waals surface area (Å²) in [6.07, 6.45) is 4.01. The lowest BCUT2D eigenvalue weighted by Gasteiger charge is -2.20. The van der Waals surface area contributed by atoms with Crippen LogP contribution < -0.4 is 0 Å². The smallest absolute Gasteiger partial charge is 0.0233 e. The highest BCUT2D eigenvalue weighted by Gasteiger charge is 2.12. The second-order valence-corrected chi connectivity index (χ2v) is 3.05. The lowest BCUT2D eigenvalue weighted by molar-refractivity contribution is 0.373. The number of rotatable bonds is 4. The van der Waals surface area contributed by atoms with Gasteiger partial charge >= 0.3 is 0 Å².